The van der Waals surface area contributed by atoms with Gasteiger partial charge in [0, 0.05) is 6.42 Å². The zero-order chi connectivity index (χ0) is 11.2. The highest BCUT2D eigenvalue weighted by atomic mass is 16.6. The number of nitrogens with two attached hydrogens (primary N) is 1. The summed E-state index contributed by atoms with van der Waals surface area (Å²) in [6.45, 7) is 8.45. The predicted octanol–water partition coefficient (Wildman–Crippen LogP) is 2.09. The zero-order valence-corrected chi connectivity index (χ0v) is 9.80. The first-order valence-corrected chi connectivity index (χ1v) is 5.27. The first-order valence-electron chi connectivity index (χ1n) is 5.27. The molecule has 0 amide bonds. The molecule has 0 aliphatic rings. The molecule has 0 aromatic carbocycles. The van der Waals surface area contributed by atoms with Crippen molar-refractivity contribution in [1.82, 2.24) is 0 Å². The van der Waals surface area contributed by atoms with E-state index in [2.05, 4.69) is 6.92 Å². The highest BCUT2D eigenvalue weighted by molar-refractivity contribution is 5.69. The van der Waals surface area contributed by atoms with Crippen LogP contribution in [0.4, 0.5) is 0 Å². The summed E-state index contributed by atoms with van der Waals surface area (Å²) >= 11 is 0. The Hall–Kier alpha value is -0.570. The fourth-order valence-electron chi connectivity index (χ4n) is 1.19. The Morgan fingerprint density at radius 1 is 1.36 bits per heavy atom. The lowest BCUT2D eigenvalue weighted by Gasteiger charge is -2.20. The zero-order valence-electron chi connectivity index (χ0n) is 9.80. The molecule has 0 unspecified atom stereocenters. The lowest BCUT2D eigenvalue weighted by Crippen LogP contribution is -2.24. The molecule has 14 heavy (non-hydrogen) atoms. The quantitative estimate of drug-likeness (QED) is 0.693. The maximum Gasteiger partial charge on any atom is 0.306 e. The average molecular weight is 201 g/mol. The molecule has 0 spiro atoms. The molecule has 0 rings (SSSR count). The summed E-state index contributed by atoms with van der Waals surface area (Å²) in [7, 11) is 0. The predicted molar refractivity (Wildman–Crippen MR) is 57.9 cm³/mol. The van der Waals surface area contributed by atoms with Gasteiger partial charge in [0.2, 0.25) is 0 Å². The molecule has 0 saturated carbocycles. The summed E-state index contributed by atoms with van der Waals surface area (Å²) < 4.78 is 5.20. The molecular weight excluding hydrogens is 178 g/mol. The second kappa shape index (κ2) is 6.02. The molecular formula is C11H23NO2. The van der Waals surface area contributed by atoms with Gasteiger partial charge in [-0.1, -0.05) is 6.92 Å². The van der Waals surface area contributed by atoms with Gasteiger partial charge >= 0.3 is 5.97 Å². The van der Waals surface area contributed by atoms with E-state index in [0.29, 0.717) is 18.9 Å². The fraction of sp³-hybridized carbons (Fsp3) is 0.909. The third-order valence-corrected chi connectivity index (χ3v) is 1.92. The maximum absolute atomic E-state index is 11.3. The second-order valence-electron chi connectivity index (χ2n) is 4.81. The topological polar surface area (TPSA) is 52.3 Å². The Kier molecular flexibility index (Phi) is 5.77. The van der Waals surface area contributed by atoms with Crippen LogP contribution >= 0.6 is 0 Å². The van der Waals surface area contributed by atoms with Crippen molar-refractivity contribution in [3.63, 3.8) is 0 Å². The van der Waals surface area contributed by atoms with Crippen LogP contribution < -0.4 is 5.73 Å². The summed E-state index contributed by atoms with van der Waals surface area (Å²) in [6, 6.07) is 0. The van der Waals surface area contributed by atoms with E-state index in [1.165, 1.54) is 0 Å². The minimum atomic E-state index is -0.367. The molecule has 0 saturated heterocycles. The van der Waals surface area contributed by atoms with Crippen LogP contribution in [-0.2, 0) is 9.53 Å². The van der Waals surface area contributed by atoms with E-state index in [1.54, 1.807) is 0 Å². The summed E-state index contributed by atoms with van der Waals surface area (Å²) in [5.74, 6) is 0.397. The minimum absolute atomic E-state index is 0.110. The molecule has 3 nitrogen and oxygen atoms in total. The number of ether oxygens (including phenoxy) is 1. The van der Waals surface area contributed by atoms with E-state index < -0.39 is 0 Å². The normalized spacial score (nSPS) is 13.8. The van der Waals surface area contributed by atoms with Gasteiger partial charge in [-0.15, -0.1) is 0 Å². The van der Waals surface area contributed by atoms with Crippen molar-refractivity contribution in [3.8, 4) is 0 Å². The first kappa shape index (κ1) is 13.4. The molecule has 0 radical (unpaired) electrons. The van der Waals surface area contributed by atoms with E-state index in [1.807, 2.05) is 20.8 Å². The van der Waals surface area contributed by atoms with Crippen LogP contribution in [0.15, 0.2) is 0 Å². The molecule has 0 heterocycles. The molecule has 0 aromatic heterocycles. The standard InChI is InChI=1S/C11H23NO2/c1-9(7-8-12)5-6-10(13)14-11(2,3)4/h9H,5-8,12H2,1-4H3/t9-/m0/s1. The Morgan fingerprint density at radius 2 is 1.93 bits per heavy atom. The Balaban J connectivity index is 3.64. The molecule has 0 aliphatic carbocycles. The van der Waals surface area contributed by atoms with E-state index in [-0.39, 0.29) is 11.6 Å². The van der Waals surface area contributed by atoms with Crippen molar-refractivity contribution in [1.29, 1.82) is 0 Å². The van der Waals surface area contributed by atoms with Gasteiger partial charge in [-0.3, -0.25) is 4.79 Å². The highest BCUT2D eigenvalue weighted by Gasteiger charge is 2.16. The molecule has 84 valence electrons. The van der Waals surface area contributed by atoms with Crippen molar-refractivity contribution < 1.29 is 9.53 Å². The summed E-state index contributed by atoms with van der Waals surface area (Å²) in [5, 5.41) is 0. The van der Waals surface area contributed by atoms with Gasteiger partial charge in [-0.2, -0.15) is 0 Å². The van der Waals surface area contributed by atoms with Crippen molar-refractivity contribution in [2.75, 3.05) is 6.54 Å². The van der Waals surface area contributed by atoms with Crippen LogP contribution in [0.25, 0.3) is 0 Å². The third-order valence-electron chi connectivity index (χ3n) is 1.92. The molecule has 0 aliphatic heterocycles. The number of carbonyl (C=O) groups excluding carboxylic acids is 1. The third kappa shape index (κ3) is 8.05. The SMILES string of the molecule is C[C@H](CCN)CCC(=O)OC(C)(C)C. The smallest absolute Gasteiger partial charge is 0.306 e. The minimum Gasteiger partial charge on any atom is -0.460 e. The summed E-state index contributed by atoms with van der Waals surface area (Å²) in [5.41, 5.74) is 5.05. The van der Waals surface area contributed by atoms with Crippen LogP contribution in [0.5, 0.6) is 0 Å². The van der Waals surface area contributed by atoms with Gasteiger partial charge in [-0.05, 0) is 46.1 Å². The van der Waals surface area contributed by atoms with E-state index >= 15 is 0 Å². The van der Waals surface area contributed by atoms with Crippen molar-refractivity contribution in [3.05, 3.63) is 0 Å². The van der Waals surface area contributed by atoms with E-state index in [9.17, 15) is 4.79 Å². The number of esters is 1. The lowest BCUT2D eigenvalue weighted by atomic mass is 10.0. The van der Waals surface area contributed by atoms with Crippen molar-refractivity contribution in [2.45, 2.75) is 52.6 Å². The number of rotatable bonds is 5. The van der Waals surface area contributed by atoms with Crippen LogP contribution in [-0.4, -0.2) is 18.1 Å². The van der Waals surface area contributed by atoms with Gasteiger partial charge in [-0.25, -0.2) is 0 Å². The maximum atomic E-state index is 11.3. The molecule has 3 heteroatoms. The number of hydrogen-bond donors (Lipinski definition) is 1. The van der Waals surface area contributed by atoms with Gasteiger partial charge < -0.3 is 10.5 Å². The van der Waals surface area contributed by atoms with Crippen molar-refractivity contribution >= 4 is 5.97 Å². The van der Waals surface area contributed by atoms with E-state index in [0.717, 1.165) is 12.8 Å². The Bertz CT molecular complexity index is 173. The first-order chi connectivity index (χ1) is 6.35. The highest BCUT2D eigenvalue weighted by Crippen LogP contribution is 2.13. The summed E-state index contributed by atoms with van der Waals surface area (Å²) in [6.07, 6.45) is 2.34. The molecule has 0 fully saturated rings. The number of hydrogen-bond acceptors (Lipinski definition) is 3. The van der Waals surface area contributed by atoms with Crippen LogP contribution in [0, 0.1) is 5.92 Å². The van der Waals surface area contributed by atoms with Crippen LogP contribution in [0.1, 0.15) is 47.0 Å². The number of carbonyl (C=O) groups is 1. The molecule has 0 aromatic rings. The second-order valence-corrected chi connectivity index (χ2v) is 4.81. The lowest BCUT2D eigenvalue weighted by molar-refractivity contribution is -0.155. The molecule has 0 bridgehead atoms. The monoisotopic (exact) mass is 201 g/mol. The van der Waals surface area contributed by atoms with E-state index in [4.69, 9.17) is 10.5 Å². The molecule has 1 atom stereocenters. The Morgan fingerprint density at radius 3 is 2.36 bits per heavy atom. The summed E-state index contributed by atoms with van der Waals surface area (Å²) in [4.78, 5) is 11.3. The van der Waals surface area contributed by atoms with Gasteiger partial charge in [0.25, 0.3) is 0 Å². The van der Waals surface area contributed by atoms with Crippen molar-refractivity contribution in [2.24, 2.45) is 11.7 Å². The Labute approximate surface area is 87.0 Å². The largest absolute Gasteiger partial charge is 0.460 e. The van der Waals surface area contributed by atoms with Crippen LogP contribution in [0.3, 0.4) is 0 Å². The average Bonchev–Trinajstić information content (AvgIpc) is 1.98. The van der Waals surface area contributed by atoms with Crippen LogP contribution in [0.2, 0.25) is 0 Å². The fourth-order valence-corrected chi connectivity index (χ4v) is 1.19. The van der Waals surface area contributed by atoms with Gasteiger partial charge in [0.15, 0.2) is 0 Å². The molecule has 2 N–H and O–H groups in total. The van der Waals surface area contributed by atoms with Gasteiger partial charge in [0.05, 0.1) is 0 Å². The van der Waals surface area contributed by atoms with Gasteiger partial charge in [0.1, 0.15) is 5.60 Å².